The zero-order valence-electron chi connectivity index (χ0n) is 13.1. The molecule has 0 fully saturated rings. The molecule has 0 unspecified atom stereocenters. The van der Waals surface area contributed by atoms with Gasteiger partial charge >= 0.3 is 0 Å². The topological polar surface area (TPSA) is 89.2 Å². The number of nitrogens with one attached hydrogen (secondary N) is 1. The molecular weight excluding hydrogens is 352 g/mol. The van der Waals surface area contributed by atoms with Gasteiger partial charge in [-0.2, -0.15) is 10.1 Å². The predicted molar refractivity (Wildman–Crippen MR) is 86.1 cm³/mol. The maximum Gasteiger partial charge on any atom is 0.252 e. The quantitative estimate of drug-likeness (QED) is 0.639. The van der Waals surface area contributed by atoms with Gasteiger partial charge in [-0.25, -0.2) is 31.4 Å². The van der Waals surface area contributed by atoms with E-state index < -0.39 is 27.4 Å². The summed E-state index contributed by atoms with van der Waals surface area (Å²) in [6.07, 6.45) is 5.92. The van der Waals surface area contributed by atoms with Crippen LogP contribution in [0.4, 0.5) is 8.78 Å². The first-order chi connectivity index (χ1) is 11.9. The number of rotatable bonds is 7. The summed E-state index contributed by atoms with van der Waals surface area (Å²) in [6, 6.07) is 2.74. The van der Waals surface area contributed by atoms with Crippen LogP contribution in [0.3, 0.4) is 0 Å². The minimum atomic E-state index is -3.75. The summed E-state index contributed by atoms with van der Waals surface area (Å²) in [5.74, 6) is -1.55. The van der Waals surface area contributed by atoms with E-state index in [9.17, 15) is 17.2 Å². The molecule has 3 aromatic rings. The van der Waals surface area contributed by atoms with Crippen molar-refractivity contribution < 1.29 is 17.2 Å². The van der Waals surface area contributed by atoms with Crippen LogP contribution in [0.1, 0.15) is 17.5 Å². The largest absolute Gasteiger partial charge is 0.252 e. The molecule has 0 amide bonds. The average Bonchev–Trinajstić information content (AvgIpc) is 3.02. The summed E-state index contributed by atoms with van der Waals surface area (Å²) in [7, 11) is -3.75. The van der Waals surface area contributed by atoms with E-state index in [1.165, 1.54) is 10.8 Å². The van der Waals surface area contributed by atoms with Gasteiger partial charge in [-0.3, -0.25) is 0 Å². The van der Waals surface area contributed by atoms with Crippen molar-refractivity contribution in [2.24, 2.45) is 0 Å². The monoisotopic (exact) mass is 367 g/mol. The molecule has 0 spiro atoms. The fraction of sp³-hybridized carbons (Fsp3) is 0.267. The second-order valence-electron chi connectivity index (χ2n) is 5.46. The summed E-state index contributed by atoms with van der Waals surface area (Å²) in [5, 5.41) is 3.97. The molecule has 132 valence electrons. The van der Waals surface area contributed by atoms with Crippen molar-refractivity contribution in [1.82, 2.24) is 24.3 Å². The predicted octanol–water partition coefficient (Wildman–Crippen LogP) is 1.45. The lowest BCUT2D eigenvalue weighted by atomic mass is 10.2. The van der Waals surface area contributed by atoms with Gasteiger partial charge in [0.1, 0.15) is 18.0 Å². The van der Waals surface area contributed by atoms with Crippen molar-refractivity contribution in [3.63, 3.8) is 0 Å². The van der Waals surface area contributed by atoms with Gasteiger partial charge in [0.15, 0.2) is 0 Å². The van der Waals surface area contributed by atoms with Crippen LogP contribution in [0, 0.1) is 11.6 Å². The maximum absolute atomic E-state index is 13.5. The second-order valence-corrected chi connectivity index (χ2v) is 7.27. The number of hydrogen-bond acceptors (Lipinski definition) is 5. The van der Waals surface area contributed by atoms with E-state index in [-0.39, 0.29) is 12.1 Å². The van der Waals surface area contributed by atoms with Crippen molar-refractivity contribution in [3.8, 4) is 0 Å². The molecule has 2 heterocycles. The Kier molecular flexibility index (Phi) is 5.00. The van der Waals surface area contributed by atoms with E-state index in [4.69, 9.17) is 0 Å². The molecule has 0 atom stereocenters. The third-order valence-corrected chi connectivity index (χ3v) is 4.84. The molecule has 10 heteroatoms. The molecule has 0 saturated heterocycles. The van der Waals surface area contributed by atoms with Crippen molar-refractivity contribution in [3.05, 3.63) is 59.7 Å². The van der Waals surface area contributed by atoms with Crippen molar-refractivity contribution in [1.29, 1.82) is 0 Å². The third-order valence-electron chi connectivity index (χ3n) is 3.51. The minimum Gasteiger partial charge on any atom is -0.219 e. The first-order valence-electron chi connectivity index (χ1n) is 7.48. The highest BCUT2D eigenvalue weighted by Crippen LogP contribution is 2.12. The molecule has 0 aliphatic heterocycles. The minimum absolute atomic E-state index is 0.175. The number of aromatic nitrogens is 4. The highest BCUT2D eigenvalue weighted by molar-refractivity contribution is 7.88. The molecule has 0 aliphatic rings. The Hall–Kier alpha value is -2.46. The molecule has 0 radical (unpaired) electrons. The van der Waals surface area contributed by atoms with Crippen LogP contribution < -0.4 is 4.72 Å². The van der Waals surface area contributed by atoms with Crippen LogP contribution >= 0.6 is 0 Å². The van der Waals surface area contributed by atoms with Gasteiger partial charge in [-0.05, 0) is 36.6 Å². The van der Waals surface area contributed by atoms with Crippen LogP contribution in [0.2, 0.25) is 0 Å². The SMILES string of the molecule is O=S(=O)(Cc1cc(F)ccc1F)NCCCc1cnc2ncnn2c1. The van der Waals surface area contributed by atoms with E-state index in [1.807, 2.05) is 0 Å². The lowest BCUT2D eigenvalue weighted by Crippen LogP contribution is -2.26. The van der Waals surface area contributed by atoms with Crippen molar-refractivity contribution in [2.75, 3.05) is 6.54 Å². The van der Waals surface area contributed by atoms with E-state index in [0.717, 1.165) is 23.8 Å². The van der Waals surface area contributed by atoms with E-state index in [0.29, 0.717) is 18.6 Å². The van der Waals surface area contributed by atoms with Crippen molar-refractivity contribution >= 4 is 15.8 Å². The molecule has 7 nitrogen and oxygen atoms in total. The second kappa shape index (κ2) is 7.19. The summed E-state index contributed by atoms with van der Waals surface area (Å²) in [6.45, 7) is 0.175. The average molecular weight is 367 g/mol. The van der Waals surface area contributed by atoms with Gasteiger partial charge in [0.05, 0.1) is 5.75 Å². The molecular formula is C15H15F2N5O2S. The Morgan fingerprint density at radius 1 is 1.20 bits per heavy atom. The number of aryl methyl sites for hydroxylation is 1. The van der Waals surface area contributed by atoms with Gasteiger partial charge < -0.3 is 0 Å². The lowest BCUT2D eigenvalue weighted by molar-refractivity contribution is 0.568. The molecule has 1 aromatic carbocycles. The fourth-order valence-electron chi connectivity index (χ4n) is 2.32. The van der Waals surface area contributed by atoms with E-state index in [2.05, 4.69) is 19.8 Å². The number of halogens is 2. The first-order valence-corrected chi connectivity index (χ1v) is 9.14. The number of fused-ring (bicyclic) bond motifs is 1. The zero-order valence-corrected chi connectivity index (χ0v) is 13.9. The summed E-state index contributed by atoms with van der Waals surface area (Å²) in [4.78, 5) is 8.05. The van der Waals surface area contributed by atoms with Gasteiger partial charge in [0, 0.05) is 24.5 Å². The normalized spacial score (nSPS) is 11.9. The van der Waals surface area contributed by atoms with Gasteiger partial charge in [0.25, 0.3) is 5.78 Å². The highest BCUT2D eigenvalue weighted by Gasteiger charge is 2.15. The fourth-order valence-corrected chi connectivity index (χ4v) is 3.51. The number of nitrogens with zero attached hydrogens (tertiary/aromatic N) is 4. The van der Waals surface area contributed by atoms with Gasteiger partial charge in [-0.15, -0.1) is 0 Å². The Balaban J connectivity index is 1.52. The Morgan fingerprint density at radius 2 is 2.04 bits per heavy atom. The summed E-state index contributed by atoms with van der Waals surface area (Å²) >= 11 is 0. The summed E-state index contributed by atoms with van der Waals surface area (Å²) < 4.78 is 54.5. The number of benzene rings is 1. The van der Waals surface area contributed by atoms with Crippen LogP contribution in [-0.4, -0.2) is 34.5 Å². The highest BCUT2D eigenvalue weighted by atomic mass is 32.2. The molecule has 25 heavy (non-hydrogen) atoms. The first kappa shape index (κ1) is 17.4. The maximum atomic E-state index is 13.5. The Morgan fingerprint density at radius 3 is 2.88 bits per heavy atom. The molecule has 2 aromatic heterocycles. The summed E-state index contributed by atoms with van der Waals surface area (Å²) in [5.41, 5.74) is 0.682. The van der Waals surface area contributed by atoms with Crippen LogP contribution in [0.25, 0.3) is 5.78 Å². The number of sulfonamides is 1. The molecule has 0 aliphatic carbocycles. The molecule has 1 N–H and O–H groups in total. The standard InChI is InChI=1S/C15H15F2N5O2S/c16-13-3-4-14(17)12(6-13)9-25(23,24)21-5-1-2-11-7-18-15-19-10-20-22(15)8-11/h3-4,6-8,10,21H,1-2,5,9H2. The Labute approximate surface area is 142 Å². The number of hydrogen-bond donors (Lipinski definition) is 1. The van der Waals surface area contributed by atoms with Crippen LogP contribution in [-0.2, 0) is 22.2 Å². The Bertz CT molecular complexity index is 991. The molecule has 0 saturated carbocycles. The van der Waals surface area contributed by atoms with E-state index >= 15 is 0 Å². The lowest BCUT2D eigenvalue weighted by Gasteiger charge is -2.08. The van der Waals surface area contributed by atoms with E-state index in [1.54, 1.807) is 12.4 Å². The molecule has 0 bridgehead atoms. The zero-order chi connectivity index (χ0) is 17.9. The smallest absolute Gasteiger partial charge is 0.219 e. The molecule has 3 rings (SSSR count). The van der Waals surface area contributed by atoms with Gasteiger partial charge in [0.2, 0.25) is 10.0 Å². The van der Waals surface area contributed by atoms with Crippen molar-refractivity contribution in [2.45, 2.75) is 18.6 Å². The van der Waals surface area contributed by atoms with Crippen LogP contribution in [0.5, 0.6) is 0 Å². The van der Waals surface area contributed by atoms with Gasteiger partial charge in [-0.1, -0.05) is 0 Å². The van der Waals surface area contributed by atoms with Crippen LogP contribution in [0.15, 0.2) is 36.9 Å². The third kappa shape index (κ3) is 4.54.